The van der Waals surface area contributed by atoms with Crippen molar-refractivity contribution >= 4 is 27.0 Å². The van der Waals surface area contributed by atoms with Crippen LogP contribution in [0.15, 0.2) is 29.0 Å². The lowest BCUT2D eigenvalue weighted by Gasteiger charge is -2.24. The minimum Gasteiger partial charge on any atom is -0.328 e. The average Bonchev–Trinajstić information content (AvgIpc) is 2.75. The van der Waals surface area contributed by atoms with E-state index in [1.165, 1.54) is 24.8 Å². The van der Waals surface area contributed by atoms with Gasteiger partial charge in [0.15, 0.2) is 0 Å². The highest BCUT2D eigenvalue weighted by molar-refractivity contribution is 9.10. The minimum atomic E-state index is 0.591. The predicted octanol–water partition coefficient (Wildman–Crippen LogP) is 2.94. The summed E-state index contributed by atoms with van der Waals surface area (Å²) in [5.74, 6) is 0. The molecule has 0 radical (unpaired) electrons. The van der Waals surface area contributed by atoms with Gasteiger partial charge in [0.05, 0.1) is 17.4 Å². The summed E-state index contributed by atoms with van der Waals surface area (Å²) in [6, 6.07) is 6.76. The van der Waals surface area contributed by atoms with Gasteiger partial charge in [0.1, 0.15) is 0 Å². The fourth-order valence-corrected chi connectivity index (χ4v) is 3.12. The predicted molar refractivity (Wildman–Crippen MR) is 73.1 cm³/mol. The smallest absolute Gasteiger partial charge is 0.0959 e. The van der Waals surface area contributed by atoms with Crippen LogP contribution >= 0.6 is 15.9 Å². The van der Waals surface area contributed by atoms with E-state index in [2.05, 4.69) is 42.9 Å². The number of imidazole rings is 1. The Balaban J connectivity index is 1.89. The molecule has 0 spiro atoms. The van der Waals surface area contributed by atoms with Crippen molar-refractivity contribution in [3.8, 4) is 0 Å². The fraction of sp³-hybridized carbons (Fsp3) is 0.462. The Labute approximate surface area is 109 Å². The molecule has 1 N–H and O–H groups in total. The number of hydrogen-bond donors (Lipinski definition) is 1. The highest BCUT2D eigenvalue weighted by Crippen LogP contribution is 2.23. The molecule has 2 heterocycles. The highest BCUT2D eigenvalue weighted by atomic mass is 79.9. The van der Waals surface area contributed by atoms with Crippen LogP contribution in [0.2, 0.25) is 0 Å². The molecular formula is C13H16BrN3. The zero-order valence-electron chi connectivity index (χ0n) is 9.69. The third-order valence-corrected chi connectivity index (χ3v) is 4.06. The van der Waals surface area contributed by atoms with Gasteiger partial charge in [0.2, 0.25) is 0 Å². The van der Waals surface area contributed by atoms with Crippen LogP contribution in [0.25, 0.3) is 11.0 Å². The van der Waals surface area contributed by atoms with Gasteiger partial charge in [-0.05, 0) is 47.4 Å². The van der Waals surface area contributed by atoms with Crippen molar-refractivity contribution in [2.24, 2.45) is 0 Å². The third kappa shape index (κ3) is 2.24. The molecule has 2 aromatic rings. The summed E-state index contributed by atoms with van der Waals surface area (Å²) >= 11 is 3.61. The van der Waals surface area contributed by atoms with Gasteiger partial charge in [-0.2, -0.15) is 0 Å². The number of fused-ring (bicyclic) bond motifs is 1. The summed E-state index contributed by atoms with van der Waals surface area (Å²) in [5.41, 5.74) is 2.27. The molecule has 0 bridgehead atoms. The summed E-state index contributed by atoms with van der Waals surface area (Å²) in [6.45, 7) is 2.16. The van der Waals surface area contributed by atoms with E-state index < -0.39 is 0 Å². The van der Waals surface area contributed by atoms with E-state index in [1.807, 2.05) is 12.4 Å². The standard InChI is InChI=1S/C13H16BrN3/c14-11-5-3-6-12-13(11)17(9-16-12)8-10-4-1-2-7-15-10/h3,5-6,9-10,15H,1-2,4,7-8H2. The van der Waals surface area contributed by atoms with Crippen molar-refractivity contribution in [2.45, 2.75) is 31.8 Å². The van der Waals surface area contributed by atoms with Crippen molar-refractivity contribution in [3.63, 3.8) is 0 Å². The number of nitrogens with zero attached hydrogens (tertiary/aromatic N) is 2. The summed E-state index contributed by atoms with van der Waals surface area (Å²) in [7, 11) is 0. The number of aromatic nitrogens is 2. The van der Waals surface area contributed by atoms with Crippen LogP contribution in [-0.2, 0) is 6.54 Å². The molecule has 1 aromatic heterocycles. The van der Waals surface area contributed by atoms with E-state index in [9.17, 15) is 0 Å². The van der Waals surface area contributed by atoms with E-state index in [1.54, 1.807) is 0 Å². The molecule has 0 saturated carbocycles. The number of para-hydroxylation sites is 1. The second-order valence-corrected chi connectivity index (χ2v) is 5.51. The first-order chi connectivity index (χ1) is 8.34. The first-order valence-electron chi connectivity index (χ1n) is 6.17. The number of hydrogen-bond acceptors (Lipinski definition) is 2. The summed E-state index contributed by atoms with van der Waals surface area (Å²) in [6.07, 6.45) is 5.87. The van der Waals surface area contributed by atoms with E-state index in [0.717, 1.165) is 23.1 Å². The largest absolute Gasteiger partial charge is 0.328 e. The molecule has 1 fully saturated rings. The number of rotatable bonds is 2. The molecule has 4 heteroatoms. The van der Waals surface area contributed by atoms with Crippen LogP contribution in [0.3, 0.4) is 0 Å². The maximum Gasteiger partial charge on any atom is 0.0959 e. The van der Waals surface area contributed by atoms with Crippen molar-refractivity contribution in [1.82, 2.24) is 14.9 Å². The Bertz CT molecular complexity index is 514. The first kappa shape index (κ1) is 11.2. The topological polar surface area (TPSA) is 29.9 Å². The number of nitrogens with one attached hydrogen (secondary N) is 1. The van der Waals surface area contributed by atoms with E-state index in [0.29, 0.717) is 6.04 Å². The SMILES string of the molecule is Brc1cccc2ncn(CC3CCCCN3)c12. The lowest BCUT2D eigenvalue weighted by atomic mass is 10.1. The van der Waals surface area contributed by atoms with Crippen molar-refractivity contribution in [2.75, 3.05) is 6.54 Å². The lowest BCUT2D eigenvalue weighted by Crippen LogP contribution is -2.37. The maximum absolute atomic E-state index is 4.45. The number of benzene rings is 1. The molecule has 1 aliphatic heterocycles. The van der Waals surface area contributed by atoms with Crippen LogP contribution in [0.1, 0.15) is 19.3 Å². The number of halogens is 1. The molecular weight excluding hydrogens is 278 g/mol. The van der Waals surface area contributed by atoms with Crippen LogP contribution in [0.4, 0.5) is 0 Å². The van der Waals surface area contributed by atoms with Gasteiger partial charge in [-0.3, -0.25) is 0 Å². The Morgan fingerprint density at radius 1 is 1.41 bits per heavy atom. The van der Waals surface area contributed by atoms with Gasteiger partial charge in [-0.1, -0.05) is 12.5 Å². The third-order valence-electron chi connectivity index (χ3n) is 3.42. The Hall–Kier alpha value is -0.870. The minimum absolute atomic E-state index is 0.591. The lowest BCUT2D eigenvalue weighted by molar-refractivity contribution is 0.366. The summed E-state index contributed by atoms with van der Waals surface area (Å²) < 4.78 is 3.38. The van der Waals surface area contributed by atoms with Gasteiger partial charge in [0.25, 0.3) is 0 Å². The average molecular weight is 294 g/mol. The summed E-state index contributed by atoms with van der Waals surface area (Å²) in [5, 5.41) is 3.58. The van der Waals surface area contributed by atoms with Crippen molar-refractivity contribution in [1.29, 1.82) is 0 Å². The maximum atomic E-state index is 4.45. The molecule has 90 valence electrons. The van der Waals surface area contributed by atoms with E-state index in [-0.39, 0.29) is 0 Å². The quantitative estimate of drug-likeness (QED) is 0.923. The Morgan fingerprint density at radius 3 is 3.18 bits per heavy atom. The van der Waals surface area contributed by atoms with Gasteiger partial charge in [-0.15, -0.1) is 0 Å². The highest BCUT2D eigenvalue weighted by Gasteiger charge is 2.15. The number of piperidine rings is 1. The molecule has 1 saturated heterocycles. The molecule has 3 rings (SSSR count). The zero-order valence-corrected chi connectivity index (χ0v) is 11.3. The zero-order chi connectivity index (χ0) is 11.7. The molecule has 3 nitrogen and oxygen atoms in total. The Kier molecular flexibility index (Phi) is 3.16. The monoisotopic (exact) mass is 293 g/mol. The molecule has 17 heavy (non-hydrogen) atoms. The van der Waals surface area contributed by atoms with Crippen LogP contribution in [-0.4, -0.2) is 22.1 Å². The van der Waals surface area contributed by atoms with Gasteiger partial charge >= 0.3 is 0 Å². The summed E-state index contributed by atoms with van der Waals surface area (Å²) in [4.78, 5) is 4.45. The molecule has 1 unspecified atom stereocenters. The first-order valence-corrected chi connectivity index (χ1v) is 6.96. The van der Waals surface area contributed by atoms with Crippen LogP contribution in [0, 0.1) is 0 Å². The molecule has 1 aromatic carbocycles. The van der Waals surface area contributed by atoms with Crippen molar-refractivity contribution < 1.29 is 0 Å². The molecule has 1 atom stereocenters. The fourth-order valence-electron chi connectivity index (χ4n) is 2.54. The van der Waals surface area contributed by atoms with Gasteiger partial charge < -0.3 is 9.88 Å². The second-order valence-electron chi connectivity index (χ2n) is 4.65. The molecule has 0 aliphatic carbocycles. The second kappa shape index (κ2) is 4.78. The van der Waals surface area contributed by atoms with Crippen molar-refractivity contribution in [3.05, 3.63) is 29.0 Å². The van der Waals surface area contributed by atoms with Crippen LogP contribution < -0.4 is 5.32 Å². The van der Waals surface area contributed by atoms with E-state index in [4.69, 9.17) is 0 Å². The molecule has 0 amide bonds. The van der Waals surface area contributed by atoms with Gasteiger partial charge in [-0.25, -0.2) is 4.98 Å². The molecule has 1 aliphatic rings. The van der Waals surface area contributed by atoms with E-state index >= 15 is 0 Å². The normalized spacial score (nSPS) is 20.9. The van der Waals surface area contributed by atoms with Crippen LogP contribution in [0.5, 0.6) is 0 Å². The Morgan fingerprint density at radius 2 is 2.35 bits per heavy atom. The van der Waals surface area contributed by atoms with Gasteiger partial charge in [0, 0.05) is 17.1 Å².